The van der Waals surface area contributed by atoms with Gasteiger partial charge in [0.15, 0.2) is 0 Å². The molecule has 3 heteroatoms. The highest BCUT2D eigenvalue weighted by atomic mass is 16.5. The summed E-state index contributed by atoms with van der Waals surface area (Å²) in [5.41, 5.74) is 1.26. The smallest absolute Gasteiger partial charge is 0.0717 e. The van der Waals surface area contributed by atoms with Gasteiger partial charge in [-0.3, -0.25) is 4.90 Å². The van der Waals surface area contributed by atoms with Crippen LogP contribution in [0.3, 0.4) is 0 Å². The zero-order chi connectivity index (χ0) is 13.3. The number of hydrogen-bond acceptors (Lipinski definition) is 3. The highest BCUT2D eigenvalue weighted by molar-refractivity contribution is 5.13. The van der Waals surface area contributed by atoms with E-state index >= 15 is 0 Å². The molecule has 0 aliphatic carbocycles. The Hall–Kier alpha value is -0.900. The number of piperazine rings is 1. The number of nitrogens with zero attached hydrogens (tertiary/aromatic N) is 2. The molecule has 1 saturated heterocycles. The Morgan fingerprint density at radius 1 is 0.947 bits per heavy atom. The second kappa shape index (κ2) is 8.31. The van der Waals surface area contributed by atoms with Crippen LogP contribution in [0.4, 0.5) is 0 Å². The van der Waals surface area contributed by atoms with Crippen LogP contribution in [0.1, 0.15) is 18.9 Å². The van der Waals surface area contributed by atoms with E-state index in [4.69, 9.17) is 4.74 Å². The maximum absolute atomic E-state index is 5.74. The van der Waals surface area contributed by atoms with Crippen LogP contribution in [0.5, 0.6) is 0 Å². The van der Waals surface area contributed by atoms with E-state index in [9.17, 15) is 0 Å². The van der Waals surface area contributed by atoms with E-state index in [1.165, 1.54) is 44.7 Å². The predicted octanol–water partition coefficient (Wildman–Crippen LogP) is 2.23. The first-order valence-corrected chi connectivity index (χ1v) is 7.45. The van der Waals surface area contributed by atoms with Crippen LogP contribution >= 0.6 is 0 Å². The maximum Gasteiger partial charge on any atom is 0.0717 e. The average molecular weight is 262 g/mol. The predicted molar refractivity (Wildman–Crippen MR) is 79.3 cm³/mol. The Morgan fingerprint density at radius 2 is 1.58 bits per heavy atom. The van der Waals surface area contributed by atoms with Crippen molar-refractivity contribution in [3.8, 4) is 0 Å². The molecule has 0 saturated carbocycles. The van der Waals surface area contributed by atoms with Crippen molar-refractivity contribution in [1.82, 2.24) is 9.80 Å². The first kappa shape index (κ1) is 14.5. The third kappa shape index (κ3) is 5.31. The molecule has 3 nitrogen and oxygen atoms in total. The summed E-state index contributed by atoms with van der Waals surface area (Å²) < 4.78 is 5.74. The molecule has 0 aromatic heterocycles. The molecule has 1 aromatic rings. The molecule has 1 aromatic carbocycles. The second-order valence-electron chi connectivity index (χ2n) is 5.22. The zero-order valence-corrected chi connectivity index (χ0v) is 12.1. The van der Waals surface area contributed by atoms with Crippen molar-refractivity contribution in [1.29, 1.82) is 0 Å². The fourth-order valence-corrected chi connectivity index (χ4v) is 2.51. The Labute approximate surface area is 117 Å². The van der Waals surface area contributed by atoms with Crippen molar-refractivity contribution >= 4 is 0 Å². The Bertz CT molecular complexity index is 334. The van der Waals surface area contributed by atoms with Gasteiger partial charge in [0.05, 0.1) is 13.2 Å². The van der Waals surface area contributed by atoms with Gasteiger partial charge < -0.3 is 9.64 Å². The summed E-state index contributed by atoms with van der Waals surface area (Å²) in [5.74, 6) is 0. The third-order valence-electron chi connectivity index (χ3n) is 3.67. The molecule has 19 heavy (non-hydrogen) atoms. The lowest BCUT2D eigenvalue weighted by molar-refractivity contribution is 0.0685. The molecule has 1 aliphatic rings. The molecule has 0 spiro atoms. The van der Waals surface area contributed by atoms with E-state index in [0.29, 0.717) is 0 Å². The lowest BCUT2D eigenvalue weighted by atomic mass is 10.2. The Kier molecular flexibility index (Phi) is 6.34. The van der Waals surface area contributed by atoms with E-state index in [2.05, 4.69) is 41.0 Å². The first-order valence-electron chi connectivity index (χ1n) is 7.45. The van der Waals surface area contributed by atoms with Gasteiger partial charge >= 0.3 is 0 Å². The SMILES string of the molecule is CCCN1CCN(CCOCc2ccccc2)CC1. The Balaban J connectivity index is 1.55. The fourth-order valence-electron chi connectivity index (χ4n) is 2.51. The lowest BCUT2D eigenvalue weighted by Crippen LogP contribution is -2.47. The van der Waals surface area contributed by atoms with Crippen molar-refractivity contribution in [2.75, 3.05) is 45.9 Å². The highest BCUT2D eigenvalue weighted by Crippen LogP contribution is 2.03. The summed E-state index contributed by atoms with van der Waals surface area (Å²) in [5, 5.41) is 0. The molecular weight excluding hydrogens is 236 g/mol. The summed E-state index contributed by atoms with van der Waals surface area (Å²) in [6.45, 7) is 10.9. The molecule has 0 atom stereocenters. The Morgan fingerprint density at radius 3 is 2.21 bits per heavy atom. The molecule has 0 bridgehead atoms. The standard InChI is InChI=1S/C16H26N2O/c1-2-8-17-9-11-18(12-10-17)13-14-19-15-16-6-4-3-5-7-16/h3-7H,2,8-15H2,1H3. The van der Waals surface area contributed by atoms with Gasteiger partial charge in [0.25, 0.3) is 0 Å². The minimum absolute atomic E-state index is 0.733. The van der Waals surface area contributed by atoms with Crippen LogP contribution in [0, 0.1) is 0 Å². The second-order valence-corrected chi connectivity index (χ2v) is 5.22. The van der Waals surface area contributed by atoms with E-state index < -0.39 is 0 Å². The summed E-state index contributed by atoms with van der Waals surface area (Å²) in [6.07, 6.45) is 1.26. The van der Waals surface area contributed by atoms with Gasteiger partial charge in [0, 0.05) is 32.7 Å². The van der Waals surface area contributed by atoms with E-state index in [-0.39, 0.29) is 0 Å². The number of hydrogen-bond donors (Lipinski definition) is 0. The maximum atomic E-state index is 5.74. The van der Waals surface area contributed by atoms with Crippen LogP contribution in [0.2, 0.25) is 0 Å². The number of benzene rings is 1. The third-order valence-corrected chi connectivity index (χ3v) is 3.67. The van der Waals surface area contributed by atoms with E-state index in [1.54, 1.807) is 0 Å². The van der Waals surface area contributed by atoms with Crippen molar-refractivity contribution in [3.05, 3.63) is 35.9 Å². The molecule has 106 valence electrons. The van der Waals surface area contributed by atoms with Gasteiger partial charge in [-0.05, 0) is 18.5 Å². The molecule has 1 aliphatic heterocycles. The normalized spacial score (nSPS) is 17.7. The van der Waals surface area contributed by atoms with Crippen molar-refractivity contribution in [2.45, 2.75) is 20.0 Å². The van der Waals surface area contributed by atoms with Gasteiger partial charge in [-0.2, -0.15) is 0 Å². The summed E-state index contributed by atoms with van der Waals surface area (Å²) in [6, 6.07) is 10.4. The topological polar surface area (TPSA) is 15.7 Å². The monoisotopic (exact) mass is 262 g/mol. The van der Waals surface area contributed by atoms with Crippen molar-refractivity contribution in [2.24, 2.45) is 0 Å². The van der Waals surface area contributed by atoms with Gasteiger partial charge in [-0.25, -0.2) is 0 Å². The summed E-state index contributed by atoms with van der Waals surface area (Å²) in [7, 11) is 0. The minimum atomic E-state index is 0.733. The quantitative estimate of drug-likeness (QED) is 0.701. The fraction of sp³-hybridized carbons (Fsp3) is 0.625. The molecule has 0 radical (unpaired) electrons. The molecule has 0 unspecified atom stereocenters. The van der Waals surface area contributed by atoms with Gasteiger partial charge in [0.2, 0.25) is 0 Å². The molecular formula is C16H26N2O. The van der Waals surface area contributed by atoms with Crippen LogP contribution in [0.25, 0.3) is 0 Å². The highest BCUT2D eigenvalue weighted by Gasteiger charge is 2.15. The average Bonchev–Trinajstić information content (AvgIpc) is 2.47. The lowest BCUT2D eigenvalue weighted by Gasteiger charge is -2.34. The molecule has 2 rings (SSSR count). The van der Waals surface area contributed by atoms with Crippen molar-refractivity contribution in [3.63, 3.8) is 0 Å². The molecule has 1 fully saturated rings. The minimum Gasteiger partial charge on any atom is -0.375 e. The zero-order valence-electron chi connectivity index (χ0n) is 12.1. The summed E-state index contributed by atoms with van der Waals surface area (Å²) in [4.78, 5) is 5.07. The summed E-state index contributed by atoms with van der Waals surface area (Å²) >= 11 is 0. The van der Waals surface area contributed by atoms with E-state index in [1.807, 2.05) is 6.07 Å². The van der Waals surface area contributed by atoms with Crippen LogP contribution < -0.4 is 0 Å². The largest absolute Gasteiger partial charge is 0.375 e. The molecule has 1 heterocycles. The van der Waals surface area contributed by atoms with Crippen LogP contribution in [0.15, 0.2) is 30.3 Å². The van der Waals surface area contributed by atoms with Crippen molar-refractivity contribution < 1.29 is 4.74 Å². The number of rotatable bonds is 7. The molecule has 0 N–H and O–H groups in total. The molecule has 0 amide bonds. The first-order chi connectivity index (χ1) is 9.38. The van der Waals surface area contributed by atoms with Gasteiger partial charge in [-0.1, -0.05) is 37.3 Å². The van der Waals surface area contributed by atoms with Crippen LogP contribution in [-0.4, -0.2) is 55.7 Å². The van der Waals surface area contributed by atoms with Gasteiger partial charge in [-0.15, -0.1) is 0 Å². The van der Waals surface area contributed by atoms with E-state index in [0.717, 1.165) is 19.8 Å². The number of ether oxygens (including phenoxy) is 1. The van der Waals surface area contributed by atoms with Crippen LogP contribution in [-0.2, 0) is 11.3 Å². The van der Waals surface area contributed by atoms with Gasteiger partial charge in [0.1, 0.15) is 0 Å².